The van der Waals surface area contributed by atoms with Crippen LogP contribution < -0.4 is 0 Å². The Labute approximate surface area is 104 Å². The van der Waals surface area contributed by atoms with Gasteiger partial charge >= 0.3 is 0 Å². The molecule has 0 amide bonds. The molecule has 0 radical (unpaired) electrons. The van der Waals surface area contributed by atoms with Gasteiger partial charge in [-0.25, -0.2) is 0 Å². The highest BCUT2D eigenvalue weighted by Crippen LogP contribution is 2.49. The maximum absolute atomic E-state index is 11.8. The van der Waals surface area contributed by atoms with Crippen molar-refractivity contribution in [3.8, 4) is 0 Å². The summed E-state index contributed by atoms with van der Waals surface area (Å²) in [5, 5.41) is 0. The van der Waals surface area contributed by atoms with Gasteiger partial charge in [0.25, 0.3) is 0 Å². The molecule has 1 saturated heterocycles. The SMILES string of the molecule is CCCCCC[C@@H]1O[C@]12C=C(CCC)C(=O)C2. The van der Waals surface area contributed by atoms with Gasteiger partial charge in [0.05, 0.1) is 6.10 Å². The lowest BCUT2D eigenvalue weighted by Crippen LogP contribution is -2.10. The average Bonchev–Trinajstić information content (AvgIpc) is 2.86. The summed E-state index contributed by atoms with van der Waals surface area (Å²) in [7, 11) is 0. The molecule has 0 aromatic rings. The third-order valence-electron chi connectivity index (χ3n) is 3.90. The molecule has 0 unspecified atom stereocenters. The number of Topliss-reactive ketones (excluding diaryl/α,β-unsaturated/α-hetero) is 1. The van der Waals surface area contributed by atoms with Gasteiger partial charge in [-0.15, -0.1) is 0 Å². The van der Waals surface area contributed by atoms with Crippen LogP contribution in [-0.4, -0.2) is 17.5 Å². The first-order chi connectivity index (χ1) is 8.22. The van der Waals surface area contributed by atoms with Crippen LogP contribution in [0.5, 0.6) is 0 Å². The second kappa shape index (κ2) is 5.34. The van der Waals surface area contributed by atoms with E-state index in [1.165, 1.54) is 25.7 Å². The third-order valence-corrected chi connectivity index (χ3v) is 3.90. The molecule has 1 heterocycles. The number of allylic oxidation sites excluding steroid dienone is 1. The summed E-state index contributed by atoms with van der Waals surface area (Å²) in [5.41, 5.74) is 0.858. The average molecular weight is 236 g/mol. The van der Waals surface area contributed by atoms with Crippen molar-refractivity contribution >= 4 is 5.78 Å². The Morgan fingerprint density at radius 1 is 1.29 bits per heavy atom. The van der Waals surface area contributed by atoms with Crippen LogP contribution in [0.25, 0.3) is 0 Å². The fourth-order valence-electron chi connectivity index (χ4n) is 2.84. The molecule has 0 N–H and O–H groups in total. The van der Waals surface area contributed by atoms with Crippen LogP contribution in [0.1, 0.15) is 65.2 Å². The molecule has 96 valence electrons. The van der Waals surface area contributed by atoms with Crippen LogP contribution in [0.4, 0.5) is 0 Å². The zero-order valence-electron chi connectivity index (χ0n) is 11.1. The van der Waals surface area contributed by atoms with Crippen molar-refractivity contribution in [3.63, 3.8) is 0 Å². The molecular formula is C15H24O2. The molecule has 2 heteroatoms. The number of carbonyl (C=O) groups is 1. The molecule has 2 nitrogen and oxygen atoms in total. The number of hydrogen-bond donors (Lipinski definition) is 0. The van der Waals surface area contributed by atoms with Crippen molar-refractivity contribution < 1.29 is 9.53 Å². The van der Waals surface area contributed by atoms with Crippen LogP contribution >= 0.6 is 0 Å². The Morgan fingerprint density at radius 2 is 2.12 bits per heavy atom. The number of epoxide rings is 1. The van der Waals surface area contributed by atoms with Gasteiger partial charge in [0.2, 0.25) is 0 Å². The Bertz CT molecular complexity index is 319. The topological polar surface area (TPSA) is 29.6 Å². The summed E-state index contributed by atoms with van der Waals surface area (Å²) in [6.07, 6.45) is 11.3. The lowest BCUT2D eigenvalue weighted by Gasteiger charge is -1.99. The van der Waals surface area contributed by atoms with E-state index < -0.39 is 0 Å². The molecule has 2 atom stereocenters. The maximum atomic E-state index is 11.8. The number of hydrogen-bond acceptors (Lipinski definition) is 2. The van der Waals surface area contributed by atoms with E-state index in [0.29, 0.717) is 18.3 Å². The highest BCUT2D eigenvalue weighted by molar-refractivity contribution is 5.99. The fraction of sp³-hybridized carbons (Fsp3) is 0.800. The Kier molecular flexibility index (Phi) is 4.03. The molecule has 1 aliphatic carbocycles. The monoisotopic (exact) mass is 236 g/mol. The number of rotatable bonds is 7. The van der Waals surface area contributed by atoms with Crippen molar-refractivity contribution in [3.05, 3.63) is 11.6 Å². The van der Waals surface area contributed by atoms with Crippen molar-refractivity contribution in [2.24, 2.45) is 0 Å². The van der Waals surface area contributed by atoms with Crippen LogP contribution in [0.3, 0.4) is 0 Å². The van der Waals surface area contributed by atoms with Crippen molar-refractivity contribution in [1.29, 1.82) is 0 Å². The molecule has 0 aromatic carbocycles. The molecule has 2 rings (SSSR count). The van der Waals surface area contributed by atoms with Crippen molar-refractivity contribution in [2.75, 3.05) is 0 Å². The second-order valence-corrected chi connectivity index (χ2v) is 5.43. The normalized spacial score (nSPS) is 31.1. The van der Waals surface area contributed by atoms with Gasteiger partial charge in [0.15, 0.2) is 5.78 Å². The number of carbonyl (C=O) groups excluding carboxylic acids is 1. The minimum Gasteiger partial charge on any atom is -0.361 e. The fourth-order valence-corrected chi connectivity index (χ4v) is 2.84. The first-order valence-electron chi connectivity index (χ1n) is 7.14. The largest absolute Gasteiger partial charge is 0.361 e. The highest BCUT2D eigenvalue weighted by atomic mass is 16.6. The lowest BCUT2D eigenvalue weighted by molar-refractivity contribution is -0.115. The van der Waals surface area contributed by atoms with E-state index in [9.17, 15) is 4.79 Å². The third kappa shape index (κ3) is 2.79. The Morgan fingerprint density at radius 3 is 2.82 bits per heavy atom. The van der Waals surface area contributed by atoms with Crippen LogP contribution in [0.2, 0.25) is 0 Å². The quantitative estimate of drug-likeness (QED) is 0.497. The number of ketones is 1. The Hall–Kier alpha value is -0.630. The van der Waals surface area contributed by atoms with Gasteiger partial charge < -0.3 is 4.74 Å². The first-order valence-corrected chi connectivity index (χ1v) is 7.14. The molecule has 1 fully saturated rings. The molecule has 1 aliphatic heterocycles. The van der Waals surface area contributed by atoms with Gasteiger partial charge in [-0.2, -0.15) is 0 Å². The van der Waals surface area contributed by atoms with Crippen molar-refractivity contribution in [1.82, 2.24) is 0 Å². The van der Waals surface area contributed by atoms with E-state index in [0.717, 1.165) is 24.8 Å². The summed E-state index contributed by atoms with van der Waals surface area (Å²) >= 11 is 0. The van der Waals surface area contributed by atoms with E-state index in [4.69, 9.17) is 4.74 Å². The molecule has 2 aliphatic rings. The summed E-state index contributed by atoms with van der Waals surface area (Å²) < 4.78 is 5.80. The summed E-state index contributed by atoms with van der Waals surface area (Å²) in [5.74, 6) is 0.322. The summed E-state index contributed by atoms with van der Waals surface area (Å²) in [6, 6.07) is 0. The number of unbranched alkanes of at least 4 members (excludes halogenated alkanes) is 3. The van der Waals surface area contributed by atoms with Crippen LogP contribution in [0, 0.1) is 0 Å². The predicted octanol–water partition coefficient (Wildman–Crippen LogP) is 3.79. The number of ether oxygens (including phenoxy) is 1. The van der Waals surface area contributed by atoms with E-state index >= 15 is 0 Å². The zero-order chi connectivity index (χ0) is 12.3. The van der Waals surface area contributed by atoms with Gasteiger partial charge in [0.1, 0.15) is 5.60 Å². The van der Waals surface area contributed by atoms with Crippen LogP contribution in [-0.2, 0) is 9.53 Å². The summed E-state index contributed by atoms with van der Waals surface area (Å²) in [4.78, 5) is 11.8. The first kappa shape index (κ1) is 12.8. The second-order valence-electron chi connectivity index (χ2n) is 5.43. The maximum Gasteiger partial charge on any atom is 0.161 e. The van der Waals surface area contributed by atoms with E-state index in [1.807, 2.05) is 0 Å². The standard InChI is InChI=1S/C15H24O2/c1-3-5-6-7-9-14-15(17-14)10-12(8-4-2)13(16)11-15/h10,14H,3-9,11H2,1-2H3/t14-,15-/m0/s1. The smallest absolute Gasteiger partial charge is 0.161 e. The van der Waals surface area contributed by atoms with E-state index in [1.54, 1.807) is 0 Å². The highest BCUT2D eigenvalue weighted by Gasteiger charge is 2.58. The molecule has 1 spiro atoms. The van der Waals surface area contributed by atoms with Gasteiger partial charge in [-0.05, 0) is 24.5 Å². The molecule has 0 bridgehead atoms. The predicted molar refractivity (Wildman–Crippen MR) is 69.0 cm³/mol. The zero-order valence-corrected chi connectivity index (χ0v) is 11.1. The van der Waals surface area contributed by atoms with Crippen molar-refractivity contribution in [2.45, 2.75) is 76.9 Å². The van der Waals surface area contributed by atoms with E-state index in [-0.39, 0.29) is 5.60 Å². The molecule has 0 saturated carbocycles. The lowest BCUT2D eigenvalue weighted by atomic mass is 10.00. The van der Waals surface area contributed by atoms with Gasteiger partial charge in [-0.3, -0.25) is 4.79 Å². The summed E-state index contributed by atoms with van der Waals surface area (Å²) in [6.45, 7) is 4.35. The van der Waals surface area contributed by atoms with Crippen LogP contribution in [0.15, 0.2) is 11.6 Å². The minimum atomic E-state index is -0.159. The van der Waals surface area contributed by atoms with Gasteiger partial charge in [0, 0.05) is 6.42 Å². The van der Waals surface area contributed by atoms with Gasteiger partial charge in [-0.1, -0.05) is 46.0 Å². The Balaban J connectivity index is 1.78. The minimum absolute atomic E-state index is 0.159. The molecule has 0 aromatic heterocycles. The molecular weight excluding hydrogens is 212 g/mol. The molecule has 17 heavy (non-hydrogen) atoms. The van der Waals surface area contributed by atoms with E-state index in [2.05, 4.69) is 19.9 Å².